The fourth-order valence-corrected chi connectivity index (χ4v) is 3.61. The van der Waals surface area contributed by atoms with E-state index >= 15 is 0 Å². The Hall–Kier alpha value is -2.01. The molecule has 128 valence electrons. The van der Waals surface area contributed by atoms with Gasteiger partial charge >= 0.3 is 12.0 Å². The number of anilines is 1. The summed E-state index contributed by atoms with van der Waals surface area (Å²) in [6, 6.07) is 4.35. The van der Waals surface area contributed by atoms with Gasteiger partial charge in [0, 0.05) is 17.1 Å². The number of urea groups is 1. The summed E-state index contributed by atoms with van der Waals surface area (Å²) in [5.41, 5.74) is 2.83. The van der Waals surface area contributed by atoms with E-state index in [1.54, 1.807) is 6.07 Å². The highest BCUT2D eigenvalue weighted by Crippen LogP contribution is 2.33. The molecule has 1 saturated heterocycles. The van der Waals surface area contributed by atoms with Crippen LogP contribution in [-0.2, 0) is 4.79 Å². The van der Waals surface area contributed by atoms with Gasteiger partial charge in [0.25, 0.3) is 0 Å². The molecule has 1 fully saturated rings. The topological polar surface area (TPSA) is 69.6 Å². The van der Waals surface area contributed by atoms with Crippen molar-refractivity contribution in [3.8, 4) is 0 Å². The van der Waals surface area contributed by atoms with E-state index in [0.717, 1.165) is 24.8 Å². The number of nitrogens with zero attached hydrogens (tertiary/aromatic N) is 1. The Labute approximate surface area is 146 Å². The van der Waals surface area contributed by atoms with E-state index in [4.69, 9.17) is 11.6 Å². The molecule has 1 aromatic carbocycles. The van der Waals surface area contributed by atoms with Gasteiger partial charge in [-0.05, 0) is 56.2 Å². The first-order valence-corrected chi connectivity index (χ1v) is 8.73. The molecular formula is C18H21ClN2O3. The molecule has 1 aliphatic carbocycles. The highest BCUT2D eigenvalue weighted by atomic mass is 35.5. The van der Waals surface area contributed by atoms with Crippen molar-refractivity contribution in [2.24, 2.45) is 0 Å². The fraction of sp³-hybridized carbons (Fsp3) is 0.444. The highest BCUT2D eigenvalue weighted by molar-refractivity contribution is 6.31. The number of carboxylic acids is 1. The molecule has 0 spiro atoms. The molecule has 0 aromatic heterocycles. The number of benzene rings is 1. The smallest absolute Gasteiger partial charge is 0.326 e. The van der Waals surface area contributed by atoms with Crippen molar-refractivity contribution in [3.63, 3.8) is 0 Å². The summed E-state index contributed by atoms with van der Waals surface area (Å²) in [4.78, 5) is 25.2. The molecule has 0 unspecified atom stereocenters. The first kappa shape index (κ1) is 16.8. The molecule has 1 aromatic rings. The molecule has 5 nitrogen and oxygen atoms in total. The molecular weight excluding hydrogens is 328 g/mol. The van der Waals surface area contributed by atoms with Crippen LogP contribution in [0.3, 0.4) is 0 Å². The second kappa shape index (κ2) is 7.26. The van der Waals surface area contributed by atoms with Crippen molar-refractivity contribution in [2.75, 3.05) is 11.9 Å². The Bertz CT molecular complexity index is 687. The number of hydrogen-bond acceptors (Lipinski definition) is 2. The Morgan fingerprint density at radius 2 is 2.08 bits per heavy atom. The number of amides is 2. The van der Waals surface area contributed by atoms with E-state index < -0.39 is 12.0 Å². The summed E-state index contributed by atoms with van der Waals surface area (Å²) in [7, 11) is 0. The fourth-order valence-electron chi connectivity index (χ4n) is 3.44. The predicted octanol–water partition coefficient (Wildman–Crippen LogP) is 4.38. The number of carbonyl (C=O) groups excluding carboxylic acids is 1. The van der Waals surface area contributed by atoms with Gasteiger partial charge in [0.05, 0.1) is 5.69 Å². The lowest BCUT2D eigenvalue weighted by molar-refractivity contribution is -0.141. The molecule has 2 amide bonds. The van der Waals surface area contributed by atoms with Crippen LogP contribution in [-0.4, -0.2) is 34.6 Å². The van der Waals surface area contributed by atoms with E-state index in [1.807, 2.05) is 12.1 Å². The molecule has 6 heteroatoms. The van der Waals surface area contributed by atoms with Crippen LogP contribution in [0, 0.1) is 0 Å². The third kappa shape index (κ3) is 3.56. The van der Waals surface area contributed by atoms with Gasteiger partial charge in [0.2, 0.25) is 0 Å². The van der Waals surface area contributed by atoms with Crippen molar-refractivity contribution in [2.45, 2.75) is 44.6 Å². The third-order valence-corrected chi connectivity index (χ3v) is 4.89. The summed E-state index contributed by atoms with van der Waals surface area (Å²) in [5, 5.41) is 12.7. The van der Waals surface area contributed by atoms with Crippen molar-refractivity contribution in [1.29, 1.82) is 0 Å². The monoisotopic (exact) mass is 348 g/mol. The molecule has 3 rings (SSSR count). The van der Waals surface area contributed by atoms with Crippen molar-refractivity contribution >= 4 is 34.9 Å². The van der Waals surface area contributed by atoms with Crippen LogP contribution in [0.15, 0.2) is 24.3 Å². The van der Waals surface area contributed by atoms with E-state index in [1.165, 1.54) is 16.9 Å². The van der Waals surface area contributed by atoms with Gasteiger partial charge < -0.3 is 15.3 Å². The normalized spacial score (nSPS) is 20.6. The number of rotatable bonds is 3. The average molecular weight is 349 g/mol. The molecule has 0 radical (unpaired) electrons. The Morgan fingerprint density at radius 1 is 1.25 bits per heavy atom. The molecule has 1 heterocycles. The first-order chi connectivity index (χ1) is 11.6. The Balaban J connectivity index is 1.84. The van der Waals surface area contributed by atoms with E-state index in [9.17, 15) is 14.7 Å². The van der Waals surface area contributed by atoms with E-state index in [-0.39, 0.29) is 6.03 Å². The summed E-state index contributed by atoms with van der Waals surface area (Å²) in [6.07, 6.45) is 7.75. The number of halogens is 1. The van der Waals surface area contributed by atoms with Gasteiger partial charge in [0.15, 0.2) is 0 Å². The zero-order valence-electron chi connectivity index (χ0n) is 13.4. The number of allylic oxidation sites excluding steroid dienone is 2. The Kier molecular flexibility index (Phi) is 5.09. The minimum Gasteiger partial charge on any atom is -0.480 e. The Morgan fingerprint density at radius 3 is 2.79 bits per heavy atom. The van der Waals surface area contributed by atoms with Gasteiger partial charge in [-0.15, -0.1) is 0 Å². The number of likely N-dealkylation sites (tertiary alicyclic amines) is 1. The molecule has 1 aliphatic heterocycles. The minimum atomic E-state index is -0.955. The molecule has 2 N–H and O–H groups in total. The molecule has 1 atom stereocenters. The molecule has 0 saturated carbocycles. The van der Waals surface area contributed by atoms with E-state index in [2.05, 4.69) is 11.4 Å². The third-order valence-electron chi connectivity index (χ3n) is 4.66. The number of nitrogens with one attached hydrogen (secondary N) is 1. The second-order valence-corrected chi connectivity index (χ2v) is 6.72. The summed E-state index contributed by atoms with van der Waals surface area (Å²) >= 11 is 6.10. The quantitative estimate of drug-likeness (QED) is 0.851. The maximum Gasteiger partial charge on any atom is 0.326 e. The average Bonchev–Trinajstić information content (AvgIpc) is 3.06. The van der Waals surface area contributed by atoms with Gasteiger partial charge in [-0.1, -0.05) is 23.7 Å². The number of carbonyl (C=O) groups is 2. The number of aliphatic carboxylic acids is 1. The van der Waals surface area contributed by atoms with Gasteiger partial charge in [-0.2, -0.15) is 0 Å². The van der Waals surface area contributed by atoms with Gasteiger partial charge in [-0.3, -0.25) is 0 Å². The lowest BCUT2D eigenvalue weighted by Crippen LogP contribution is -2.42. The molecule has 24 heavy (non-hydrogen) atoms. The first-order valence-electron chi connectivity index (χ1n) is 8.35. The number of carboxylic acid groups (broad SMARTS) is 1. The van der Waals surface area contributed by atoms with Crippen LogP contribution in [0.5, 0.6) is 0 Å². The highest BCUT2D eigenvalue weighted by Gasteiger charge is 2.34. The van der Waals surface area contributed by atoms with Crippen LogP contribution >= 0.6 is 11.6 Å². The lowest BCUT2D eigenvalue weighted by Gasteiger charge is -2.23. The summed E-state index contributed by atoms with van der Waals surface area (Å²) in [5.74, 6) is -0.955. The molecule has 0 bridgehead atoms. The minimum absolute atomic E-state index is 0.375. The predicted molar refractivity (Wildman–Crippen MR) is 94.3 cm³/mol. The zero-order chi connectivity index (χ0) is 17.1. The maximum atomic E-state index is 12.6. The van der Waals surface area contributed by atoms with Crippen molar-refractivity contribution < 1.29 is 14.7 Å². The zero-order valence-corrected chi connectivity index (χ0v) is 14.2. The van der Waals surface area contributed by atoms with Crippen LogP contribution in [0.1, 0.15) is 44.1 Å². The van der Waals surface area contributed by atoms with Gasteiger partial charge in [-0.25, -0.2) is 9.59 Å². The second-order valence-electron chi connectivity index (χ2n) is 6.28. The van der Waals surface area contributed by atoms with Crippen LogP contribution in [0.25, 0.3) is 5.57 Å². The van der Waals surface area contributed by atoms with Crippen molar-refractivity contribution in [3.05, 3.63) is 34.9 Å². The lowest BCUT2D eigenvalue weighted by atomic mass is 9.92. The summed E-state index contributed by atoms with van der Waals surface area (Å²) in [6.45, 7) is 0.460. The summed E-state index contributed by atoms with van der Waals surface area (Å²) < 4.78 is 0. The molecule has 2 aliphatic rings. The van der Waals surface area contributed by atoms with E-state index in [0.29, 0.717) is 30.1 Å². The SMILES string of the molecule is O=C(O)[C@H]1CCCN1C(=O)Nc1cc(Cl)ccc1C1=CCCCC1. The van der Waals surface area contributed by atoms with Gasteiger partial charge in [0.1, 0.15) is 6.04 Å². The van der Waals surface area contributed by atoms with Crippen molar-refractivity contribution in [1.82, 2.24) is 4.90 Å². The standard InChI is InChI=1S/C18H21ClN2O3/c19-13-8-9-14(12-5-2-1-3-6-12)15(11-13)20-18(24)21-10-4-7-16(21)17(22)23/h5,8-9,11,16H,1-4,6-7,10H2,(H,20,24)(H,22,23)/t16-/m1/s1. The largest absolute Gasteiger partial charge is 0.480 e. The van der Waals surface area contributed by atoms with Crippen LogP contribution < -0.4 is 5.32 Å². The van der Waals surface area contributed by atoms with Crippen LogP contribution in [0.4, 0.5) is 10.5 Å². The van der Waals surface area contributed by atoms with Crippen LogP contribution in [0.2, 0.25) is 5.02 Å². The maximum absolute atomic E-state index is 12.6. The number of hydrogen-bond donors (Lipinski definition) is 2.